The Hall–Kier alpha value is -0.630. The molecule has 0 radical (unpaired) electrons. The molecule has 0 spiro atoms. The third-order valence-corrected chi connectivity index (χ3v) is 9.77. The van der Waals surface area contributed by atoms with Gasteiger partial charge in [0.25, 0.3) is 0 Å². The summed E-state index contributed by atoms with van der Waals surface area (Å²) in [5, 5.41) is 0. The van der Waals surface area contributed by atoms with Crippen molar-refractivity contribution in [1.29, 1.82) is 0 Å². The number of carbonyl (C=O) groups is 1. The number of hydrogen-bond donors (Lipinski definition) is 0. The molecule has 0 saturated heterocycles. The highest BCUT2D eigenvalue weighted by atomic mass is 16.5. The van der Waals surface area contributed by atoms with Gasteiger partial charge in [-0.1, -0.05) is 32.4 Å². The summed E-state index contributed by atoms with van der Waals surface area (Å²) in [6, 6.07) is 0. The first-order valence-corrected chi connectivity index (χ1v) is 10.5. The second-order valence-electron chi connectivity index (χ2n) is 10.2. The molecule has 3 fully saturated rings. The van der Waals surface area contributed by atoms with Gasteiger partial charge in [-0.15, -0.1) is 0 Å². The molecule has 0 aliphatic heterocycles. The lowest BCUT2D eigenvalue weighted by Gasteiger charge is -2.59. The molecule has 25 heavy (non-hydrogen) atoms. The maximum Gasteiger partial charge on any atom is 0.136 e. The second-order valence-corrected chi connectivity index (χ2v) is 10.2. The number of Topliss-reactive ketones (excluding diaryl/α,β-unsaturated/α-hetero) is 1. The van der Waals surface area contributed by atoms with Gasteiger partial charge in [-0.25, -0.2) is 0 Å². The molecule has 0 aromatic carbocycles. The highest BCUT2D eigenvalue weighted by molar-refractivity contribution is 5.83. The predicted octanol–water partition coefficient (Wildman–Crippen LogP) is 5.56. The molecule has 0 N–H and O–H groups in total. The van der Waals surface area contributed by atoms with Gasteiger partial charge < -0.3 is 4.74 Å². The van der Waals surface area contributed by atoms with Crippen LogP contribution in [-0.2, 0) is 9.53 Å². The van der Waals surface area contributed by atoms with Crippen LogP contribution in [0.4, 0.5) is 0 Å². The fourth-order valence-corrected chi connectivity index (χ4v) is 7.67. The minimum atomic E-state index is -0.0960. The summed E-state index contributed by atoms with van der Waals surface area (Å²) in [5.74, 6) is 2.76. The maximum absolute atomic E-state index is 12.5. The molecule has 4 rings (SSSR count). The Labute approximate surface area is 153 Å². The average Bonchev–Trinajstić information content (AvgIpc) is 2.87. The third kappa shape index (κ3) is 2.22. The van der Waals surface area contributed by atoms with Gasteiger partial charge in [0.2, 0.25) is 0 Å². The Balaban J connectivity index is 1.66. The molecule has 7 atom stereocenters. The van der Waals surface area contributed by atoms with Crippen molar-refractivity contribution in [2.75, 3.05) is 7.11 Å². The van der Waals surface area contributed by atoms with Gasteiger partial charge in [-0.05, 0) is 86.9 Å². The van der Waals surface area contributed by atoms with Crippen molar-refractivity contribution in [2.45, 2.75) is 85.2 Å². The van der Waals surface area contributed by atoms with Crippen molar-refractivity contribution in [2.24, 2.45) is 34.0 Å². The van der Waals surface area contributed by atoms with Crippen molar-refractivity contribution in [3.63, 3.8) is 0 Å². The minimum Gasteiger partial charge on any atom is -0.381 e. The van der Waals surface area contributed by atoms with Crippen LogP contribution in [0.5, 0.6) is 0 Å². The number of hydrogen-bond acceptors (Lipinski definition) is 2. The van der Waals surface area contributed by atoms with Crippen LogP contribution >= 0.6 is 0 Å². The van der Waals surface area contributed by atoms with E-state index >= 15 is 0 Å². The van der Waals surface area contributed by atoms with Crippen LogP contribution < -0.4 is 0 Å². The van der Waals surface area contributed by atoms with Crippen molar-refractivity contribution >= 4 is 5.78 Å². The average molecular weight is 345 g/mol. The third-order valence-electron chi connectivity index (χ3n) is 9.77. The molecule has 0 aromatic rings. The number of fused-ring (bicyclic) bond motifs is 5. The van der Waals surface area contributed by atoms with Crippen molar-refractivity contribution in [1.82, 2.24) is 0 Å². The molecule has 140 valence electrons. The Morgan fingerprint density at radius 3 is 2.48 bits per heavy atom. The van der Waals surface area contributed by atoms with Crippen LogP contribution in [0.2, 0.25) is 0 Å². The zero-order valence-corrected chi connectivity index (χ0v) is 16.9. The van der Waals surface area contributed by atoms with Crippen LogP contribution in [0.15, 0.2) is 11.6 Å². The summed E-state index contributed by atoms with van der Waals surface area (Å²) in [6.45, 7) is 9.10. The van der Waals surface area contributed by atoms with Crippen molar-refractivity contribution < 1.29 is 9.53 Å². The molecule has 0 aromatic heterocycles. The topological polar surface area (TPSA) is 26.3 Å². The van der Waals surface area contributed by atoms with Gasteiger partial charge in [0.05, 0.1) is 6.10 Å². The molecular formula is C23H36O2. The number of allylic oxidation sites excluding steroid dienone is 1. The largest absolute Gasteiger partial charge is 0.381 e. The Morgan fingerprint density at radius 1 is 1.08 bits per heavy atom. The first-order valence-electron chi connectivity index (χ1n) is 10.5. The van der Waals surface area contributed by atoms with E-state index < -0.39 is 0 Å². The highest BCUT2D eigenvalue weighted by Gasteiger charge is 2.63. The number of ether oxygens (including phenoxy) is 1. The van der Waals surface area contributed by atoms with Gasteiger partial charge in [0.15, 0.2) is 0 Å². The molecular weight excluding hydrogens is 308 g/mol. The van der Waals surface area contributed by atoms with Crippen LogP contribution in [0.25, 0.3) is 0 Å². The van der Waals surface area contributed by atoms with E-state index in [2.05, 4.69) is 26.8 Å². The van der Waals surface area contributed by atoms with Gasteiger partial charge >= 0.3 is 0 Å². The first-order chi connectivity index (χ1) is 11.8. The predicted molar refractivity (Wildman–Crippen MR) is 101 cm³/mol. The number of ketones is 1. The molecule has 3 saturated carbocycles. The lowest BCUT2D eigenvalue weighted by Crippen LogP contribution is -2.53. The van der Waals surface area contributed by atoms with E-state index in [-0.39, 0.29) is 10.8 Å². The summed E-state index contributed by atoms with van der Waals surface area (Å²) in [7, 11) is 1.87. The quantitative estimate of drug-likeness (QED) is 0.613. The summed E-state index contributed by atoms with van der Waals surface area (Å²) >= 11 is 0. The second kappa shape index (κ2) is 5.68. The lowest BCUT2D eigenvalue weighted by atomic mass is 9.45. The Kier molecular flexibility index (Phi) is 4.04. The normalized spacial score (nSPS) is 52.0. The van der Waals surface area contributed by atoms with Gasteiger partial charge in [0.1, 0.15) is 5.78 Å². The standard InChI is InChI=1S/C23H36O2/c1-15(24)22(3)12-10-20-18-7-6-16-14-17(25-5)8-11-21(16,2)19(18)9-13-23(20,22)4/h6,17-20H,7-14H2,1-5H3/t17-,18?,19?,20?,21-,22+,23-/m0/s1. The molecule has 0 amide bonds. The highest BCUT2D eigenvalue weighted by Crippen LogP contribution is 2.69. The minimum absolute atomic E-state index is 0.0960. The van der Waals surface area contributed by atoms with E-state index in [4.69, 9.17) is 4.74 Å². The van der Waals surface area contributed by atoms with Gasteiger partial charge in [0, 0.05) is 12.5 Å². The molecule has 4 aliphatic rings. The van der Waals surface area contributed by atoms with E-state index in [1.807, 2.05) is 14.0 Å². The zero-order valence-electron chi connectivity index (χ0n) is 16.9. The molecule has 2 nitrogen and oxygen atoms in total. The van der Waals surface area contributed by atoms with E-state index in [0.717, 1.165) is 30.6 Å². The zero-order chi connectivity index (χ0) is 18.0. The van der Waals surface area contributed by atoms with E-state index in [1.165, 1.54) is 38.5 Å². The number of rotatable bonds is 2. The van der Waals surface area contributed by atoms with E-state index in [9.17, 15) is 4.79 Å². The molecule has 3 unspecified atom stereocenters. The molecule has 4 aliphatic carbocycles. The van der Waals surface area contributed by atoms with E-state index in [1.54, 1.807) is 5.57 Å². The smallest absolute Gasteiger partial charge is 0.136 e. The van der Waals surface area contributed by atoms with E-state index in [0.29, 0.717) is 17.3 Å². The van der Waals surface area contributed by atoms with Crippen LogP contribution in [-0.4, -0.2) is 19.0 Å². The Morgan fingerprint density at radius 2 is 1.80 bits per heavy atom. The SMILES string of the molecule is CO[C@H]1CC[C@@]2(C)C(=CCC3C2CC[C@@]2(C)C3CC[C@]2(C)C(C)=O)C1. The monoisotopic (exact) mass is 344 g/mol. The van der Waals surface area contributed by atoms with Crippen LogP contribution in [0.3, 0.4) is 0 Å². The summed E-state index contributed by atoms with van der Waals surface area (Å²) in [4.78, 5) is 12.5. The first kappa shape index (κ1) is 17.8. The fraction of sp³-hybridized carbons (Fsp3) is 0.870. The molecule has 0 bridgehead atoms. The van der Waals surface area contributed by atoms with Crippen LogP contribution in [0.1, 0.15) is 79.1 Å². The summed E-state index contributed by atoms with van der Waals surface area (Å²) in [5.41, 5.74) is 2.18. The van der Waals surface area contributed by atoms with Gasteiger partial charge in [-0.2, -0.15) is 0 Å². The molecule has 2 heteroatoms. The lowest BCUT2D eigenvalue weighted by molar-refractivity contribution is -0.138. The molecule has 0 heterocycles. The fourth-order valence-electron chi connectivity index (χ4n) is 7.67. The van der Waals surface area contributed by atoms with Crippen molar-refractivity contribution in [3.05, 3.63) is 11.6 Å². The number of carbonyl (C=O) groups excluding carboxylic acids is 1. The van der Waals surface area contributed by atoms with Crippen molar-refractivity contribution in [3.8, 4) is 0 Å². The summed E-state index contributed by atoms with van der Waals surface area (Å²) in [6.07, 6.45) is 12.8. The maximum atomic E-state index is 12.5. The van der Waals surface area contributed by atoms with Gasteiger partial charge in [-0.3, -0.25) is 4.79 Å². The summed E-state index contributed by atoms with van der Waals surface area (Å²) < 4.78 is 5.68. The Bertz CT molecular complexity index is 607. The number of methoxy groups -OCH3 is 1. The van der Waals surface area contributed by atoms with Crippen LogP contribution in [0, 0.1) is 34.0 Å².